The van der Waals surface area contributed by atoms with E-state index in [9.17, 15) is 9.59 Å². The number of fused-ring (bicyclic) bond motifs is 1. The number of hydrogen-bond donors (Lipinski definition) is 1. The first-order valence-electron chi connectivity index (χ1n) is 7.30. The molecule has 0 spiro atoms. The molecule has 1 saturated heterocycles. The lowest BCUT2D eigenvalue weighted by molar-refractivity contribution is -0.122. The SMILES string of the molecule is C/C(=N/O)c1ccc(N2C(=O)[C@H]3CCCC[C@@H]3C2=O)cc1. The molecule has 5 heteroatoms. The molecule has 5 nitrogen and oxygen atoms in total. The van der Waals surface area contributed by atoms with Gasteiger partial charge in [0.15, 0.2) is 0 Å². The van der Waals surface area contributed by atoms with Gasteiger partial charge < -0.3 is 5.21 Å². The Balaban J connectivity index is 1.89. The fraction of sp³-hybridized carbons (Fsp3) is 0.438. The van der Waals surface area contributed by atoms with Gasteiger partial charge in [0.1, 0.15) is 0 Å². The number of rotatable bonds is 2. The van der Waals surface area contributed by atoms with Crippen LogP contribution in [0.15, 0.2) is 29.4 Å². The number of carbonyl (C=O) groups excluding carboxylic acids is 2. The molecule has 1 N–H and O–H groups in total. The smallest absolute Gasteiger partial charge is 0.237 e. The predicted octanol–water partition coefficient (Wildman–Crippen LogP) is 2.56. The summed E-state index contributed by atoms with van der Waals surface area (Å²) >= 11 is 0. The van der Waals surface area contributed by atoms with Crippen LogP contribution in [0.25, 0.3) is 0 Å². The van der Waals surface area contributed by atoms with Gasteiger partial charge in [-0.05, 0) is 37.5 Å². The molecule has 1 heterocycles. The standard InChI is InChI=1S/C16H18N2O3/c1-10(17-21)11-6-8-12(9-7-11)18-15(19)13-4-2-3-5-14(13)16(18)20/h6-9,13-14,21H,2-5H2,1H3/b17-10-/t13-,14-/m0/s1. The van der Waals surface area contributed by atoms with E-state index < -0.39 is 0 Å². The molecule has 2 amide bonds. The molecule has 1 aliphatic heterocycles. The molecule has 1 aromatic rings. The molecule has 2 aliphatic rings. The van der Waals surface area contributed by atoms with E-state index in [-0.39, 0.29) is 23.7 Å². The van der Waals surface area contributed by atoms with Gasteiger partial charge in [-0.25, -0.2) is 0 Å². The van der Waals surface area contributed by atoms with Crippen molar-refractivity contribution in [3.05, 3.63) is 29.8 Å². The Labute approximate surface area is 123 Å². The van der Waals surface area contributed by atoms with E-state index in [2.05, 4.69) is 5.16 Å². The molecule has 3 rings (SSSR count). The van der Waals surface area contributed by atoms with Crippen LogP contribution in [0, 0.1) is 11.8 Å². The number of benzene rings is 1. The van der Waals surface area contributed by atoms with Gasteiger partial charge in [-0.3, -0.25) is 14.5 Å². The van der Waals surface area contributed by atoms with Crippen molar-refractivity contribution in [2.75, 3.05) is 4.90 Å². The average molecular weight is 286 g/mol. The summed E-state index contributed by atoms with van der Waals surface area (Å²) in [5.74, 6) is -0.395. The highest BCUT2D eigenvalue weighted by molar-refractivity contribution is 6.22. The minimum Gasteiger partial charge on any atom is -0.411 e. The molecule has 110 valence electrons. The minimum absolute atomic E-state index is 0.0648. The van der Waals surface area contributed by atoms with Crippen molar-refractivity contribution < 1.29 is 14.8 Å². The highest BCUT2D eigenvalue weighted by Crippen LogP contribution is 2.39. The van der Waals surface area contributed by atoms with Crippen molar-refractivity contribution in [1.82, 2.24) is 0 Å². The Bertz CT molecular complexity index is 582. The maximum atomic E-state index is 12.5. The summed E-state index contributed by atoms with van der Waals surface area (Å²) in [5.41, 5.74) is 1.86. The van der Waals surface area contributed by atoms with E-state index >= 15 is 0 Å². The Kier molecular flexibility index (Phi) is 3.49. The van der Waals surface area contributed by atoms with Crippen LogP contribution in [0.4, 0.5) is 5.69 Å². The molecule has 0 bridgehead atoms. The van der Waals surface area contributed by atoms with Gasteiger partial charge in [0, 0.05) is 0 Å². The maximum Gasteiger partial charge on any atom is 0.237 e. The summed E-state index contributed by atoms with van der Waals surface area (Å²) in [6.45, 7) is 1.69. The zero-order valence-corrected chi connectivity index (χ0v) is 12.0. The Morgan fingerprint density at radius 1 is 1.10 bits per heavy atom. The van der Waals surface area contributed by atoms with Crippen molar-refractivity contribution >= 4 is 23.2 Å². The molecule has 0 unspecified atom stereocenters. The van der Waals surface area contributed by atoms with Gasteiger partial charge in [0.25, 0.3) is 0 Å². The summed E-state index contributed by atoms with van der Waals surface area (Å²) < 4.78 is 0. The van der Waals surface area contributed by atoms with Crippen LogP contribution < -0.4 is 4.90 Å². The molecule has 0 radical (unpaired) electrons. The Hall–Kier alpha value is -2.17. The molecular weight excluding hydrogens is 268 g/mol. The van der Waals surface area contributed by atoms with Gasteiger partial charge in [0.2, 0.25) is 11.8 Å². The maximum absolute atomic E-state index is 12.5. The summed E-state index contributed by atoms with van der Waals surface area (Å²) in [4.78, 5) is 26.3. The molecule has 2 fully saturated rings. The summed E-state index contributed by atoms with van der Waals surface area (Å²) in [5, 5.41) is 11.9. The second-order valence-electron chi connectivity index (χ2n) is 5.74. The zero-order chi connectivity index (χ0) is 15.0. The van der Waals surface area contributed by atoms with Gasteiger partial charge in [-0.2, -0.15) is 0 Å². The zero-order valence-electron chi connectivity index (χ0n) is 12.0. The largest absolute Gasteiger partial charge is 0.411 e. The minimum atomic E-state index is -0.133. The van der Waals surface area contributed by atoms with Gasteiger partial charge in [0.05, 0.1) is 23.2 Å². The lowest BCUT2D eigenvalue weighted by Gasteiger charge is -2.19. The summed E-state index contributed by atoms with van der Waals surface area (Å²) in [7, 11) is 0. The average Bonchev–Trinajstić information content (AvgIpc) is 2.79. The van der Waals surface area contributed by atoms with E-state index in [1.807, 2.05) is 0 Å². The summed E-state index contributed by atoms with van der Waals surface area (Å²) in [6, 6.07) is 6.98. The third-order valence-corrected chi connectivity index (χ3v) is 4.53. The number of imide groups is 1. The Morgan fingerprint density at radius 3 is 2.10 bits per heavy atom. The highest BCUT2D eigenvalue weighted by Gasteiger charge is 2.48. The third kappa shape index (κ3) is 2.22. The number of oxime groups is 1. The number of carbonyl (C=O) groups is 2. The molecular formula is C16H18N2O3. The van der Waals surface area contributed by atoms with Gasteiger partial charge >= 0.3 is 0 Å². The van der Waals surface area contributed by atoms with Crippen LogP contribution in [0.2, 0.25) is 0 Å². The van der Waals surface area contributed by atoms with Crippen molar-refractivity contribution in [3.63, 3.8) is 0 Å². The van der Waals surface area contributed by atoms with Gasteiger partial charge in [-0.1, -0.05) is 30.1 Å². The molecule has 1 saturated carbocycles. The first kappa shape index (κ1) is 13.8. The normalized spacial score (nSPS) is 26.1. The number of nitrogens with zero attached hydrogens (tertiary/aromatic N) is 2. The lowest BCUT2D eigenvalue weighted by Crippen LogP contribution is -2.30. The van der Waals surface area contributed by atoms with E-state index in [1.54, 1.807) is 31.2 Å². The van der Waals surface area contributed by atoms with E-state index in [0.717, 1.165) is 31.2 Å². The number of anilines is 1. The van der Waals surface area contributed by atoms with Crippen LogP contribution in [0.3, 0.4) is 0 Å². The topological polar surface area (TPSA) is 70.0 Å². The van der Waals surface area contributed by atoms with E-state index in [1.165, 1.54) is 4.90 Å². The van der Waals surface area contributed by atoms with E-state index in [0.29, 0.717) is 11.4 Å². The monoisotopic (exact) mass is 286 g/mol. The fourth-order valence-corrected chi connectivity index (χ4v) is 3.33. The second-order valence-corrected chi connectivity index (χ2v) is 5.74. The van der Waals surface area contributed by atoms with Crippen molar-refractivity contribution in [2.24, 2.45) is 17.0 Å². The molecule has 1 aromatic carbocycles. The molecule has 2 atom stereocenters. The Morgan fingerprint density at radius 2 is 1.62 bits per heavy atom. The van der Waals surface area contributed by atoms with Gasteiger partial charge in [-0.15, -0.1) is 0 Å². The quantitative estimate of drug-likeness (QED) is 0.393. The third-order valence-electron chi connectivity index (χ3n) is 4.53. The lowest BCUT2D eigenvalue weighted by atomic mass is 9.81. The van der Waals surface area contributed by atoms with Crippen LogP contribution in [0.5, 0.6) is 0 Å². The number of amides is 2. The second kappa shape index (κ2) is 5.31. The first-order chi connectivity index (χ1) is 10.1. The fourth-order valence-electron chi connectivity index (χ4n) is 3.33. The molecule has 1 aliphatic carbocycles. The van der Waals surface area contributed by atoms with Crippen molar-refractivity contribution in [3.8, 4) is 0 Å². The van der Waals surface area contributed by atoms with Crippen LogP contribution in [-0.2, 0) is 9.59 Å². The molecule has 21 heavy (non-hydrogen) atoms. The van der Waals surface area contributed by atoms with Crippen LogP contribution in [-0.4, -0.2) is 22.7 Å². The summed E-state index contributed by atoms with van der Waals surface area (Å²) in [6.07, 6.45) is 3.69. The van der Waals surface area contributed by atoms with E-state index in [4.69, 9.17) is 5.21 Å². The predicted molar refractivity (Wildman–Crippen MR) is 78.4 cm³/mol. The number of hydrogen-bond acceptors (Lipinski definition) is 4. The highest BCUT2D eigenvalue weighted by atomic mass is 16.4. The van der Waals surface area contributed by atoms with Crippen LogP contribution in [0.1, 0.15) is 38.2 Å². The first-order valence-corrected chi connectivity index (χ1v) is 7.30. The molecule has 0 aromatic heterocycles. The van der Waals surface area contributed by atoms with Crippen molar-refractivity contribution in [1.29, 1.82) is 0 Å². The van der Waals surface area contributed by atoms with Crippen LogP contribution >= 0.6 is 0 Å². The van der Waals surface area contributed by atoms with Crippen molar-refractivity contribution in [2.45, 2.75) is 32.6 Å².